The fraction of sp³-hybridized carbons (Fsp3) is 0.0408. The molecule has 0 saturated heterocycles. The van der Waals surface area contributed by atoms with Gasteiger partial charge in [0, 0.05) is 16.7 Å². The van der Waals surface area contributed by atoms with Crippen LogP contribution in [0.2, 0.25) is 13.1 Å². The molecule has 4 heteroatoms. The summed E-state index contributed by atoms with van der Waals surface area (Å²) in [5, 5.41) is 8.03. The first-order valence-electron chi connectivity index (χ1n) is 18.2. The van der Waals surface area contributed by atoms with E-state index in [1.165, 1.54) is 48.6 Å². The van der Waals surface area contributed by atoms with E-state index in [1.54, 1.807) is 0 Å². The molecule has 0 radical (unpaired) electrons. The fourth-order valence-electron chi connectivity index (χ4n) is 8.24. The largest absolute Gasteiger partial charge is 0.208 e. The Morgan fingerprint density at radius 1 is 0.358 bits per heavy atom. The molecule has 0 amide bonds. The molecule has 1 aliphatic heterocycles. The predicted octanol–water partition coefficient (Wildman–Crippen LogP) is 11.3. The number of rotatable bonds is 5. The summed E-state index contributed by atoms with van der Waals surface area (Å²) >= 11 is 0. The van der Waals surface area contributed by atoms with E-state index in [1.807, 2.05) is 6.07 Å². The second-order valence-corrected chi connectivity index (χ2v) is 18.7. The summed E-state index contributed by atoms with van der Waals surface area (Å²) in [4.78, 5) is 15.7. The van der Waals surface area contributed by atoms with Crippen molar-refractivity contribution in [3.05, 3.63) is 176 Å². The molecule has 8 aromatic carbocycles. The van der Waals surface area contributed by atoms with E-state index in [2.05, 4.69) is 183 Å². The summed E-state index contributed by atoms with van der Waals surface area (Å²) in [5.74, 6) is 2.01. The van der Waals surface area contributed by atoms with Gasteiger partial charge in [-0.1, -0.05) is 177 Å². The van der Waals surface area contributed by atoms with E-state index in [0.29, 0.717) is 17.5 Å². The van der Waals surface area contributed by atoms with Crippen molar-refractivity contribution >= 4 is 40.0 Å². The first-order chi connectivity index (χ1) is 26.0. The lowest BCUT2D eigenvalue weighted by Crippen LogP contribution is -2.49. The third-order valence-electron chi connectivity index (χ3n) is 10.9. The van der Waals surface area contributed by atoms with Gasteiger partial charge in [-0.3, -0.25) is 0 Å². The van der Waals surface area contributed by atoms with E-state index in [-0.39, 0.29) is 0 Å². The van der Waals surface area contributed by atoms with Gasteiger partial charge in [-0.2, -0.15) is 0 Å². The molecular weight excluding hydrogens is 659 g/mol. The van der Waals surface area contributed by atoms with Gasteiger partial charge in [0.05, 0.1) is 0 Å². The summed E-state index contributed by atoms with van der Waals surface area (Å²) in [6.07, 6.45) is 0. The molecule has 3 nitrogen and oxygen atoms in total. The maximum absolute atomic E-state index is 5.28. The lowest BCUT2D eigenvalue weighted by atomic mass is 9.96. The second-order valence-electron chi connectivity index (χ2n) is 14.5. The zero-order valence-corrected chi connectivity index (χ0v) is 30.6. The zero-order valence-electron chi connectivity index (χ0n) is 29.6. The van der Waals surface area contributed by atoms with Crippen molar-refractivity contribution in [1.82, 2.24) is 15.0 Å². The van der Waals surface area contributed by atoms with Gasteiger partial charge in [0.1, 0.15) is 8.07 Å². The molecule has 0 spiro atoms. The van der Waals surface area contributed by atoms with Crippen LogP contribution in [0, 0.1) is 0 Å². The molecule has 2 heterocycles. The van der Waals surface area contributed by atoms with E-state index in [0.717, 1.165) is 33.4 Å². The third-order valence-corrected chi connectivity index (χ3v) is 14.4. The van der Waals surface area contributed by atoms with Gasteiger partial charge in [-0.15, -0.1) is 0 Å². The zero-order chi connectivity index (χ0) is 35.5. The minimum absolute atomic E-state index is 0.658. The van der Waals surface area contributed by atoms with Crippen molar-refractivity contribution in [2.45, 2.75) is 13.1 Å². The first-order valence-corrected chi connectivity index (χ1v) is 21.2. The van der Waals surface area contributed by atoms with Crippen LogP contribution in [0.1, 0.15) is 0 Å². The van der Waals surface area contributed by atoms with Gasteiger partial charge in [-0.25, -0.2) is 15.0 Å². The van der Waals surface area contributed by atoms with Crippen LogP contribution in [-0.2, 0) is 0 Å². The van der Waals surface area contributed by atoms with E-state index < -0.39 is 8.07 Å². The Hall–Kier alpha value is -6.49. The van der Waals surface area contributed by atoms with Gasteiger partial charge in [0.2, 0.25) is 0 Å². The van der Waals surface area contributed by atoms with Gasteiger partial charge >= 0.3 is 0 Å². The lowest BCUT2D eigenvalue weighted by Gasteiger charge is -2.20. The van der Waals surface area contributed by atoms with Crippen molar-refractivity contribution in [2.24, 2.45) is 0 Å². The van der Waals surface area contributed by atoms with E-state index in [9.17, 15) is 0 Å². The van der Waals surface area contributed by atoms with Crippen molar-refractivity contribution in [3.8, 4) is 67.5 Å². The molecule has 0 aliphatic carbocycles. The number of nitrogens with zero attached hydrogens (tertiary/aromatic N) is 3. The van der Waals surface area contributed by atoms with E-state index in [4.69, 9.17) is 15.0 Å². The van der Waals surface area contributed by atoms with Crippen molar-refractivity contribution < 1.29 is 0 Å². The maximum Gasteiger partial charge on any atom is 0.164 e. The van der Waals surface area contributed by atoms with Gasteiger partial charge in [-0.05, 0) is 77.4 Å². The molecule has 10 rings (SSSR count). The maximum atomic E-state index is 5.28. The minimum Gasteiger partial charge on any atom is -0.208 e. The van der Waals surface area contributed by atoms with Crippen LogP contribution >= 0.6 is 0 Å². The predicted molar refractivity (Wildman–Crippen MR) is 224 cm³/mol. The topological polar surface area (TPSA) is 38.7 Å². The monoisotopic (exact) mass is 693 g/mol. The van der Waals surface area contributed by atoms with Crippen LogP contribution in [0.15, 0.2) is 176 Å². The van der Waals surface area contributed by atoms with Crippen LogP contribution in [0.5, 0.6) is 0 Å². The molecule has 9 aromatic rings. The molecule has 0 bridgehead atoms. The Morgan fingerprint density at radius 3 is 1.75 bits per heavy atom. The highest BCUT2D eigenvalue weighted by Gasteiger charge is 2.40. The molecule has 0 unspecified atom stereocenters. The highest BCUT2D eigenvalue weighted by atomic mass is 28.3. The molecule has 1 aliphatic rings. The summed E-state index contributed by atoms with van der Waals surface area (Å²) in [5.41, 5.74) is 10.1. The quantitative estimate of drug-likeness (QED) is 0.168. The second kappa shape index (κ2) is 12.3. The minimum atomic E-state index is -2.04. The fourth-order valence-corrected chi connectivity index (χ4v) is 11.7. The molecule has 53 heavy (non-hydrogen) atoms. The summed E-state index contributed by atoms with van der Waals surface area (Å²) < 4.78 is 0. The van der Waals surface area contributed by atoms with Gasteiger partial charge < -0.3 is 0 Å². The molecule has 0 N–H and O–H groups in total. The summed E-state index contributed by atoms with van der Waals surface area (Å²) in [7, 11) is -2.04. The smallest absolute Gasteiger partial charge is 0.164 e. The molecule has 250 valence electrons. The van der Waals surface area contributed by atoms with Gasteiger partial charge in [0.15, 0.2) is 17.5 Å². The molecule has 0 fully saturated rings. The van der Waals surface area contributed by atoms with Gasteiger partial charge in [0.25, 0.3) is 0 Å². The van der Waals surface area contributed by atoms with Crippen LogP contribution < -0.4 is 10.4 Å². The van der Waals surface area contributed by atoms with E-state index >= 15 is 0 Å². The van der Waals surface area contributed by atoms with Crippen molar-refractivity contribution in [1.29, 1.82) is 0 Å². The van der Waals surface area contributed by atoms with Crippen molar-refractivity contribution in [3.63, 3.8) is 0 Å². The Labute approximate surface area is 310 Å². The molecule has 0 saturated carbocycles. The number of benzene rings is 8. The lowest BCUT2D eigenvalue weighted by molar-refractivity contribution is 1.07. The van der Waals surface area contributed by atoms with Crippen LogP contribution in [0.3, 0.4) is 0 Å². The van der Waals surface area contributed by atoms with Crippen LogP contribution in [0.25, 0.3) is 89.1 Å². The number of hydrogen-bond donors (Lipinski definition) is 0. The number of aromatic nitrogens is 3. The Kier molecular flexibility index (Phi) is 7.27. The number of hydrogen-bond acceptors (Lipinski definition) is 3. The summed E-state index contributed by atoms with van der Waals surface area (Å²) in [6.45, 7) is 4.95. The average molecular weight is 694 g/mol. The Morgan fingerprint density at radius 2 is 0.925 bits per heavy atom. The molecule has 1 aromatic heterocycles. The Bertz CT molecular complexity index is 2860. The van der Waals surface area contributed by atoms with Crippen LogP contribution in [0.4, 0.5) is 0 Å². The highest BCUT2D eigenvalue weighted by Crippen LogP contribution is 2.39. The third kappa shape index (κ3) is 5.30. The SMILES string of the molecule is C[Si]1(C)c2cccc(-c3nc(-c4ccc(-c5ccc6ccccc6c5)cc4)nc(-c4cccc(-c5ccccc5)c4)n3)c2-c2ccc3ccccc3c21. The molecular formula is C49H35N3Si. The summed E-state index contributed by atoms with van der Waals surface area (Å²) in [6, 6.07) is 62.9. The Balaban J connectivity index is 1.15. The first kappa shape index (κ1) is 31.3. The highest BCUT2D eigenvalue weighted by molar-refractivity contribution is 7.05. The molecule has 0 atom stereocenters. The van der Waals surface area contributed by atoms with Crippen LogP contribution in [-0.4, -0.2) is 23.0 Å². The standard InChI is InChI=1S/C49H35N3Si/c1-53(2)44-21-11-20-43(45(44)42-29-28-35-15-8-9-19-41(35)46(42)53)49-51-47(50-48(52-49)40-18-10-17-38(31-40)32-12-4-3-5-13-32)36-25-22-34(23-26-36)39-27-24-33-14-6-7-16-37(33)30-39/h3-31H,1-2H3. The number of fused-ring (bicyclic) bond motifs is 6. The average Bonchev–Trinajstić information content (AvgIpc) is 3.47. The van der Waals surface area contributed by atoms with Crippen molar-refractivity contribution in [2.75, 3.05) is 0 Å². The normalized spacial score (nSPS) is 12.9.